The van der Waals surface area contributed by atoms with E-state index in [1.165, 1.54) is 31.2 Å². The van der Waals surface area contributed by atoms with Crippen molar-refractivity contribution in [3.05, 3.63) is 24.3 Å². The van der Waals surface area contributed by atoms with Gasteiger partial charge >= 0.3 is 0 Å². The van der Waals surface area contributed by atoms with Crippen LogP contribution in [-0.4, -0.2) is 21.2 Å². The molecular weight excluding hydrogens is 255 g/mol. The van der Waals surface area contributed by atoms with Crippen LogP contribution < -0.4 is 4.74 Å². The van der Waals surface area contributed by atoms with Gasteiger partial charge in [-0.2, -0.15) is 0 Å². The Morgan fingerprint density at radius 1 is 1.38 bits per heavy atom. The van der Waals surface area contributed by atoms with Crippen molar-refractivity contribution in [1.82, 2.24) is 0 Å². The van der Waals surface area contributed by atoms with E-state index in [0.717, 1.165) is 0 Å². The van der Waals surface area contributed by atoms with E-state index >= 15 is 0 Å². The number of hydrogen-bond acceptors (Lipinski definition) is 3. The van der Waals surface area contributed by atoms with Gasteiger partial charge in [0, 0.05) is 17.1 Å². The molecule has 3 nitrogen and oxygen atoms in total. The van der Waals surface area contributed by atoms with Crippen LogP contribution >= 0.6 is 10.7 Å². The number of ether oxygens (including phenoxy) is 1. The Bertz CT molecular complexity index is 428. The number of benzene rings is 1. The molecule has 0 N–H and O–H groups in total. The van der Waals surface area contributed by atoms with Gasteiger partial charge in [0.25, 0.3) is 9.05 Å². The lowest BCUT2D eigenvalue weighted by molar-refractivity contribution is 0.247. The zero-order valence-electron chi connectivity index (χ0n) is 8.69. The fraction of sp³-hybridized carbons (Fsp3) is 0.400. The van der Waals surface area contributed by atoms with Crippen molar-refractivity contribution in [2.24, 2.45) is 0 Å². The molecule has 1 aromatic carbocycles. The van der Waals surface area contributed by atoms with Crippen molar-refractivity contribution in [1.29, 1.82) is 0 Å². The fourth-order valence-electron chi connectivity index (χ4n) is 1.04. The average molecular weight is 267 g/mol. The Kier molecular flexibility index (Phi) is 4.56. The van der Waals surface area contributed by atoms with Crippen LogP contribution in [-0.2, 0) is 9.05 Å². The van der Waals surface area contributed by atoms with Crippen molar-refractivity contribution in [3.8, 4) is 5.75 Å². The summed E-state index contributed by atoms with van der Waals surface area (Å²) in [4.78, 5) is 0.0142. The predicted molar refractivity (Wildman–Crippen MR) is 60.2 cm³/mol. The highest BCUT2D eigenvalue weighted by atomic mass is 35.7. The molecule has 1 aromatic rings. The first-order chi connectivity index (χ1) is 7.39. The fourth-order valence-corrected chi connectivity index (χ4v) is 1.81. The molecule has 0 radical (unpaired) electrons. The van der Waals surface area contributed by atoms with Gasteiger partial charge in [0.1, 0.15) is 11.9 Å². The first kappa shape index (κ1) is 13.3. The molecule has 0 aliphatic rings. The Labute approximate surface area is 98.6 Å². The van der Waals surface area contributed by atoms with Gasteiger partial charge in [-0.3, -0.25) is 0 Å². The zero-order valence-corrected chi connectivity index (χ0v) is 10.3. The van der Waals surface area contributed by atoms with Crippen LogP contribution in [0.5, 0.6) is 5.75 Å². The van der Waals surface area contributed by atoms with Crippen molar-refractivity contribution in [2.75, 3.05) is 6.61 Å². The number of hydrogen-bond donors (Lipinski definition) is 0. The molecule has 90 valence electrons. The summed E-state index contributed by atoms with van der Waals surface area (Å²) in [5, 5.41) is 0. The second-order valence-corrected chi connectivity index (χ2v) is 5.89. The Morgan fingerprint density at radius 3 is 2.38 bits per heavy atom. The molecule has 0 fully saturated rings. The quantitative estimate of drug-likeness (QED) is 0.770. The third-order valence-corrected chi connectivity index (χ3v) is 3.26. The Balaban J connectivity index is 2.59. The summed E-state index contributed by atoms with van der Waals surface area (Å²) in [6, 6.07) is 5.66. The van der Waals surface area contributed by atoms with E-state index in [0.29, 0.717) is 12.2 Å². The molecule has 0 aliphatic heterocycles. The smallest absolute Gasteiger partial charge is 0.261 e. The molecule has 1 rings (SSSR count). The minimum atomic E-state index is -3.70. The second kappa shape index (κ2) is 5.50. The van der Waals surface area contributed by atoms with E-state index in [4.69, 9.17) is 15.4 Å². The molecule has 0 saturated heterocycles. The van der Waals surface area contributed by atoms with Gasteiger partial charge in [0.2, 0.25) is 0 Å². The molecule has 1 unspecified atom stereocenters. The number of alkyl halides is 1. The monoisotopic (exact) mass is 266 g/mol. The minimum Gasteiger partial charge on any atom is -0.493 e. The molecular formula is C10H12ClFO3S. The Morgan fingerprint density at radius 2 is 1.94 bits per heavy atom. The first-order valence-corrected chi connectivity index (χ1v) is 7.02. The zero-order chi connectivity index (χ0) is 12.2. The van der Waals surface area contributed by atoms with E-state index in [2.05, 4.69) is 0 Å². The summed E-state index contributed by atoms with van der Waals surface area (Å²) in [5.41, 5.74) is 0. The first-order valence-electron chi connectivity index (χ1n) is 4.71. The van der Waals surface area contributed by atoms with Crippen molar-refractivity contribution < 1.29 is 17.5 Å². The van der Waals surface area contributed by atoms with Crippen molar-refractivity contribution >= 4 is 19.7 Å². The summed E-state index contributed by atoms with van der Waals surface area (Å²) in [5.74, 6) is 0.490. The van der Waals surface area contributed by atoms with Gasteiger partial charge in [-0.25, -0.2) is 12.8 Å². The number of halogens is 2. The maximum Gasteiger partial charge on any atom is 0.261 e. The Hall–Kier alpha value is -0.810. The lowest BCUT2D eigenvalue weighted by Crippen LogP contribution is -2.03. The summed E-state index contributed by atoms with van der Waals surface area (Å²) in [6.45, 7) is 1.71. The molecule has 0 heterocycles. The maximum atomic E-state index is 12.4. The lowest BCUT2D eigenvalue weighted by Gasteiger charge is -2.06. The van der Waals surface area contributed by atoms with Crippen LogP contribution in [0.15, 0.2) is 29.2 Å². The molecule has 16 heavy (non-hydrogen) atoms. The largest absolute Gasteiger partial charge is 0.493 e. The molecule has 0 bridgehead atoms. The highest BCUT2D eigenvalue weighted by Crippen LogP contribution is 2.19. The molecule has 0 spiro atoms. The van der Waals surface area contributed by atoms with E-state index in [-0.39, 0.29) is 11.5 Å². The van der Waals surface area contributed by atoms with E-state index in [1.54, 1.807) is 0 Å². The molecule has 0 aromatic heterocycles. The highest BCUT2D eigenvalue weighted by Gasteiger charge is 2.09. The topological polar surface area (TPSA) is 43.4 Å². The molecule has 6 heteroatoms. The second-order valence-electron chi connectivity index (χ2n) is 3.33. The van der Waals surface area contributed by atoms with Crippen LogP contribution in [0.2, 0.25) is 0 Å². The van der Waals surface area contributed by atoms with Gasteiger partial charge in [-0.05, 0) is 31.2 Å². The summed E-state index contributed by atoms with van der Waals surface area (Å²) in [7, 11) is 1.44. The maximum absolute atomic E-state index is 12.4. The molecule has 0 saturated carbocycles. The third-order valence-electron chi connectivity index (χ3n) is 1.89. The highest BCUT2D eigenvalue weighted by molar-refractivity contribution is 8.13. The summed E-state index contributed by atoms with van der Waals surface area (Å²) < 4.78 is 39.5. The van der Waals surface area contributed by atoms with Crippen LogP contribution in [0.1, 0.15) is 13.3 Å². The normalized spacial score (nSPS) is 13.4. The molecule has 0 aliphatic carbocycles. The van der Waals surface area contributed by atoms with Gasteiger partial charge in [-0.1, -0.05) is 0 Å². The van der Waals surface area contributed by atoms with Gasteiger partial charge < -0.3 is 4.74 Å². The van der Waals surface area contributed by atoms with E-state index < -0.39 is 15.2 Å². The minimum absolute atomic E-state index is 0.0142. The standard InChI is InChI=1S/C10H12ClFO3S/c1-8(12)6-7-15-9-2-4-10(5-3-9)16(11,13)14/h2-5,8H,6-7H2,1H3. The predicted octanol–water partition coefficient (Wildman–Crippen LogP) is 2.74. The van der Waals surface area contributed by atoms with Crippen LogP contribution in [0.3, 0.4) is 0 Å². The lowest BCUT2D eigenvalue weighted by atomic mass is 10.3. The summed E-state index contributed by atoms with van der Waals surface area (Å²) in [6.07, 6.45) is -0.613. The van der Waals surface area contributed by atoms with Crippen LogP contribution in [0, 0.1) is 0 Å². The van der Waals surface area contributed by atoms with E-state index in [9.17, 15) is 12.8 Å². The average Bonchev–Trinajstić information content (AvgIpc) is 2.16. The summed E-state index contributed by atoms with van der Waals surface area (Å²) >= 11 is 0. The van der Waals surface area contributed by atoms with Gasteiger partial charge in [-0.15, -0.1) is 0 Å². The third kappa shape index (κ3) is 4.37. The SMILES string of the molecule is CC(F)CCOc1ccc(S(=O)(=O)Cl)cc1. The van der Waals surface area contributed by atoms with Gasteiger partial charge in [0.05, 0.1) is 11.5 Å². The van der Waals surface area contributed by atoms with Crippen molar-refractivity contribution in [2.45, 2.75) is 24.4 Å². The van der Waals surface area contributed by atoms with Crippen LogP contribution in [0.25, 0.3) is 0 Å². The van der Waals surface area contributed by atoms with Gasteiger partial charge in [0.15, 0.2) is 0 Å². The van der Waals surface area contributed by atoms with Crippen molar-refractivity contribution in [3.63, 3.8) is 0 Å². The molecule has 1 atom stereocenters. The van der Waals surface area contributed by atoms with E-state index in [1.807, 2.05) is 0 Å². The van der Waals surface area contributed by atoms with Crippen LogP contribution in [0.4, 0.5) is 4.39 Å². The molecule has 0 amide bonds. The number of rotatable bonds is 5.